The molecule has 0 aliphatic rings. The van der Waals surface area contributed by atoms with Gasteiger partial charge in [0.15, 0.2) is 0 Å². The summed E-state index contributed by atoms with van der Waals surface area (Å²) in [6, 6.07) is 6.17. The highest BCUT2D eigenvalue weighted by Crippen LogP contribution is 2.23. The zero-order chi connectivity index (χ0) is 15.2. The Labute approximate surface area is 129 Å². The second-order valence-corrected chi connectivity index (χ2v) is 6.10. The number of ether oxygens (including phenoxy) is 2. The summed E-state index contributed by atoms with van der Waals surface area (Å²) in [7, 11) is 1.67. The summed E-state index contributed by atoms with van der Waals surface area (Å²) in [5, 5.41) is 1.05. The summed E-state index contributed by atoms with van der Waals surface area (Å²) in [5.74, 6) is 0.977. The molecule has 2 aromatic rings. The lowest BCUT2D eigenvalue weighted by Crippen LogP contribution is -2.04. The summed E-state index contributed by atoms with van der Waals surface area (Å²) in [5.41, 5.74) is 9.02. The van der Waals surface area contributed by atoms with Crippen LogP contribution < -0.4 is 10.5 Å². The Hall–Kier alpha value is -1.43. The number of rotatable bonds is 7. The molecule has 0 saturated heterocycles. The number of hydrogen-bond acceptors (Lipinski definition) is 5. The summed E-state index contributed by atoms with van der Waals surface area (Å²) >= 11 is 1.65. The van der Waals surface area contributed by atoms with Gasteiger partial charge < -0.3 is 15.2 Å². The average molecular weight is 306 g/mol. The third-order valence-electron chi connectivity index (χ3n) is 3.26. The molecule has 0 aliphatic carbocycles. The fourth-order valence-electron chi connectivity index (χ4n) is 2.22. The van der Waals surface area contributed by atoms with Gasteiger partial charge in [0.1, 0.15) is 5.75 Å². The summed E-state index contributed by atoms with van der Waals surface area (Å²) in [6.45, 7) is 5.77. The van der Waals surface area contributed by atoms with Gasteiger partial charge in [-0.3, -0.25) is 0 Å². The fraction of sp³-hybridized carbons (Fsp3) is 0.438. The Morgan fingerprint density at radius 2 is 1.95 bits per heavy atom. The number of para-hydroxylation sites is 1. The monoisotopic (exact) mass is 306 g/mol. The van der Waals surface area contributed by atoms with Gasteiger partial charge in [0.25, 0.3) is 0 Å². The Bertz CT molecular complexity index is 576. The molecule has 0 aliphatic heterocycles. The number of hydrogen-bond donors (Lipinski definition) is 1. The molecule has 0 spiro atoms. The molecule has 0 unspecified atom stereocenters. The maximum absolute atomic E-state index is 5.92. The highest BCUT2D eigenvalue weighted by atomic mass is 32.1. The maximum Gasteiger partial charge on any atom is 0.125 e. The number of nitrogens with two attached hydrogens (primary N) is 1. The van der Waals surface area contributed by atoms with Crippen molar-refractivity contribution in [3.05, 3.63) is 44.9 Å². The van der Waals surface area contributed by atoms with Crippen LogP contribution in [0.5, 0.6) is 5.75 Å². The lowest BCUT2D eigenvalue weighted by molar-refractivity contribution is 0.181. The molecule has 4 nitrogen and oxygen atoms in total. The van der Waals surface area contributed by atoms with E-state index in [0.29, 0.717) is 19.8 Å². The van der Waals surface area contributed by atoms with E-state index in [-0.39, 0.29) is 0 Å². The second-order valence-electron chi connectivity index (χ2n) is 4.93. The van der Waals surface area contributed by atoms with Gasteiger partial charge in [0, 0.05) is 25.0 Å². The summed E-state index contributed by atoms with van der Waals surface area (Å²) < 4.78 is 11.1. The Morgan fingerprint density at radius 3 is 2.57 bits per heavy atom. The third kappa shape index (κ3) is 4.03. The van der Waals surface area contributed by atoms with E-state index in [1.165, 1.54) is 0 Å². The van der Waals surface area contributed by atoms with Gasteiger partial charge in [-0.05, 0) is 25.0 Å². The topological polar surface area (TPSA) is 57.4 Å². The lowest BCUT2D eigenvalue weighted by atomic mass is 10.1. The van der Waals surface area contributed by atoms with Crippen molar-refractivity contribution < 1.29 is 9.47 Å². The predicted molar refractivity (Wildman–Crippen MR) is 85.8 cm³/mol. The van der Waals surface area contributed by atoms with Gasteiger partial charge in [0.05, 0.1) is 23.9 Å². The molecule has 114 valence electrons. The van der Waals surface area contributed by atoms with Crippen LogP contribution >= 0.6 is 11.3 Å². The fourth-order valence-corrected chi connectivity index (χ4v) is 3.15. The van der Waals surface area contributed by atoms with Crippen molar-refractivity contribution in [1.82, 2.24) is 4.98 Å². The number of thiazole rings is 1. The summed E-state index contributed by atoms with van der Waals surface area (Å²) in [6.07, 6.45) is 0.787. The van der Waals surface area contributed by atoms with Crippen LogP contribution in [0.25, 0.3) is 0 Å². The zero-order valence-corrected chi connectivity index (χ0v) is 13.6. The molecule has 0 bridgehead atoms. The Morgan fingerprint density at radius 1 is 1.24 bits per heavy atom. The molecule has 21 heavy (non-hydrogen) atoms. The van der Waals surface area contributed by atoms with Crippen LogP contribution in [0.4, 0.5) is 0 Å². The number of benzene rings is 1. The Kier molecular flexibility index (Phi) is 5.73. The molecule has 0 fully saturated rings. The van der Waals surface area contributed by atoms with Crippen LogP contribution in [0.3, 0.4) is 0 Å². The average Bonchev–Trinajstić information content (AvgIpc) is 2.85. The van der Waals surface area contributed by atoms with Gasteiger partial charge >= 0.3 is 0 Å². The van der Waals surface area contributed by atoms with Gasteiger partial charge in [-0.1, -0.05) is 18.2 Å². The standard InChI is InChI=1S/C16H22N2O2S/c1-11-5-4-6-12(2)16(11)20-8-7-15-18-13(10-19-3)14(9-17)21-15/h4-6H,7-10,17H2,1-3H3. The largest absolute Gasteiger partial charge is 0.493 e. The molecule has 1 aromatic carbocycles. The van der Waals surface area contributed by atoms with E-state index in [0.717, 1.165) is 38.9 Å². The van der Waals surface area contributed by atoms with Crippen molar-refractivity contribution in [3.8, 4) is 5.75 Å². The maximum atomic E-state index is 5.92. The van der Waals surface area contributed by atoms with Crippen LogP contribution in [-0.2, 0) is 24.3 Å². The quantitative estimate of drug-likeness (QED) is 0.854. The van der Waals surface area contributed by atoms with Crippen molar-refractivity contribution in [2.45, 2.75) is 33.4 Å². The SMILES string of the molecule is COCc1nc(CCOc2c(C)cccc2C)sc1CN. The minimum atomic E-state index is 0.508. The summed E-state index contributed by atoms with van der Waals surface area (Å²) in [4.78, 5) is 5.68. The van der Waals surface area contributed by atoms with Crippen LogP contribution in [0.2, 0.25) is 0 Å². The van der Waals surface area contributed by atoms with Crippen molar-refractivity contribution in [2.24, 2.45) is 5.73 Å². The minimum absolute atomic E-state index is 0.508. The lowest BCUT2D eigenvalue weighted by Gasteiger charge is -2.10. The van der Waals surface area contributed by atoms with Crippen molar-refractivity contribution in [1.29, 1.82) is 0 Å². The van der Waals surface area contributed by atoms with E-state index in [1.54, 1.807) is 18.4 Å². The van der Waals surface area contributed by atoms with Crippen molar-refractivity contribution >= 4 is 11.3 Å². The number of aromatic nitrogens is 1. The van der Waals surface area contributed by atoms with Gasteiger partial charge in [0.2, 0.25) is 0 Å². The van der Waals surface area contributed by atoms with E-state index >= 15 is 0 Å². The van der Waals surface area contributed by atoms with Gasteiger partial charge in [-0.15, -0.1) is 11.3 Å². The van der Waals surface area contributed by atoms with Gasteiger partial charge in [-0.25, -0.2) is 4.98 Å². The first kappa shape index (κ1) is 15.9. The molecule has 0 radical (unpaired) electrons. The van der Waals surface area contributed by atoms with Crippen molar-refractivity contribution in [2.75, 3.05) is 13.7 Å². The van der Waals surface area contributed by atoms with E-state index in [2.05, 4.69) is 31.0 Å². The van der Waals surface area contributed by atoms with E-state index in [4.69, 9.17) is 15.2 Å². The molecule has 1 heterocycles. The molecule has 0 amide bonds. The second kappa shape index (κ2) is 7.54. The first-order valence-corrected chi connectivity index (χ1v) is 7.82. The molecule has 2 N–H and O–H groups in total. The van der Waals surface area contributed by atoms with Crippen molar-refractivity contribution in [3.63, 3.8) is 0 Å². The van der Waals surface area contributed by atoms with Crippen LogP contribution in [-0.4, -0.2) is 18.7 Å². The van der Waals surface area contributed by atoms with Crippen LogP contribution in [0.15, 0.2) is 18.2 Å². The molecule has 2 rings (SSSR count). The third-order valence-corrected chi connectivity index (χ3v) is 4.44. The predicted octanol–water partition coefficient (Wildman–Crippen LogP) is 2.99. The molecular formula is C16H22N2O2S. The first-order chi connectivity index (χ1) is 10.2. The van der Waals surface area contributed by atoms with Crippen LogP contribution in [0.1, 0.15) is 26.7 Å². The number of methoxy groups -OCH3 is 1. The van der Waals surface area contributed by atoms with Gasteiger partial charge in [-0.2, -0.15) is 0 Å². The van der Waals surface area contributed by atoms with E-state index in [1.807, 2.05) is 6.07 Å². The smallest absolute Gasteiger partial charge is 0.125 e. The first-order valence-electron chi connectivity index (χ1n) is 7.01. The number of nitrogens with zero attached hydrogens (tertiary/aromatic N) is 1. The van der Waals surface area contributed by atoms with E-state index < -0.39 is 0 Å². The molecule has 0 saturated carbocycles. The highest BCUT2D eigenvalue weighted by molar-refractivity contribution is 7.11. The molecule has 5 heteroatoms. The minimum Gasteiger partial charge on any atom is -0.493 e. The number of aryl methyl sites for hydroxylation is 2. The normalized spacial score (nSPS) is 10.9. The molecule has 0 atom stereocenters. The van der Waals surface area contributed by atoms with E-state index in [9.17, 15) is 0 Å². The highest BCUT2D eigenvalue weighted by Gasteiger charge is 2.10. The molecule has 1 aromatic heterocycles. The zero-order valence-electron chi connectivity index (χ0n) is 12.8. The molecular weight excluding hydrogens is 284 g/mol. The Balaban J connectivity index is 1.97. The van der Waals surface area contributed by atoms with Crippen LogP contribution in [0, 0.1) is 13.8 Å².